The number of aromatic hydroxyl groups is 1. The first-order chi connectivity index (χ1) is 9.51. The summed E-state index contributed by atoms with van der Waals surface area (Å²) in [6.07, 6.45) is 0. The van der Waals surface area contributed by atoms with Crippen molar-refractivity contribution in [3.8, 4) is 11.8 Å². The summed E-state index contributed by atoms with van der Waals surface area (Å²) in [5, 5.41) is 21.6. The Labute approximate surface area is 117 Å². The first-order valence-electron chi connectivity index (χ1n) is 6.27. The molecule has 0 saturated carbocycles. The number of nitrogens with one attached hydrogen (secondary N) is 1. The summed E-state index contributed by atoms with van der Waals surface area (Å²) in [4.78, 5) is 0. The minimum Gasteiger partial charge on any atom is -0.508 e. The molecular weight excluding hydrogens is 255 g/mol. The monoisotopic (exact) mass is 270 g/mol. The van der Waals surface area contributed by atoms with Gasteiger partial charge in [-0.1, -0.05) is 12.1 Å². The maximum absolute atomic E-state index is 13.8. The van der Waals surface area contributed by atoms with Crippen molar-refractivity contribution in [3.63, 3.8) is 0 Å². The average molecular weight is 270 g/mol. The molecule has 20 heavy (non-hydrogen) atoms. The third kappa shape index (κ3) is 2.89. The third-order valence-corrected chi connectivity index (χ3v) is 3.12. The zero-order chi connectivity index (χ0) is 14.7. The zero-order valence-corrected chi connectivity index (χ0v) is 11.3. The van der Waals surface area contributed by atoms with Crippen molar-refractivity contribution in [3.05, 3.63) is 58.9 Å². The molecule has 0 fully saturated rings. The van der Waals surface area contributed by atoms with Crippen LogP contribution in [0.4, 0.5) is 10.1 Å². The van der Waals surface area contributed by atoms with Crippen LogP contribution in [0.1, 0.15) is 29.7 Å². The predicted octanol–water partition coefficient (Wildman–Crippen LogP) is 3.88. The smallest absolute Gasteiger partial charge is 0.147 e. The van der Waals surface area contributed by atoms with Gasteiger partial charge in [-0.3, -0.25) is 0 Å². The highest BCUT2D eigenvalue weighted by molar-refractivity contribution is 5.51. The highest BCUT2D eigenvalue weighted by atomic mass is 19.1. The van der Waals surface area contributed by atoms with Crippen LogP contribution in [0.3, 0.4) is 0 Å². The number of phenols is 1. The molecule has 3 nitrogen and oxygen atoms in total. The van der Waals surface area contributed by atoms with E-state index in [-0.39, 0.29) is 17.4 Å². The van der Waals surface area contributed by atoms with E-state index >= 15 is 0 Å². The molecular formula is C16H15FN2O. The molecule has 0 heterocycles. The molecule has 4 heteroatoms. The second kappa shape index (κ2) is 5.62. The van der Waals surface area contributed by atoms with Crippen LogP contribution in [0.5, 0.6) is 5.75 Å². The van der Waals surface area contributed by atoms with Crippen LogP contribution in [0.25, 0.3) is 0 Å². The molecule has 2 aromatic carbocycles. The van der Waals surface area contributed by atoms with Crippen LogP contribution >= 0.6 is 0 Å². The Morgan fingerprint density at radius 2 is 2.00 bits per heavy atom. The number of nitrogens with zero attached hydrogens (tertiary/aromatic N) is 1. The van der Waals surface area contributed by atoms with Gasteiger partial charge in [0.1, 0.15) is 11.6 Å². The molecule has 0 bridgehead atoms. The molecule has 102 valence electrons. The lowest BCUT2D eigenvalue weighted by Crippen LogP contribution is -2.08. The molecule has 0 spiro atoms. The number of aryl methyl sites for hydroxylation is 1. The zero-order valence-electron chi connectivity index (χ0n) is 11.3. The molecule has 0 saturated heterocycles. The quantitative estimate of drug-likeness (QED) is 0.889. The van der Waals surface area contributed by atoms with Crippen molar-refractivity contribution in [1.29, 1.82) is 5.26 Å². The van der Waals surface area contributed by atoms with Crippen molar-refractivity contribution in [1.82, 2.24) is 0 Å². The number of halogens is 1. The molecule has 0 aliphatic rings. The second-order valence-electron chi connectivity index (χ2n) is 4.73. The Kier molecular flexibility index (Phi) is 3.90. The van der Waals surface area contributed by atoms with Crippen LogP contribution in [0.15, 0.2) is 36.4 Å². The number of hydrogen-bond donors (Lipinski definition) is 2. The number of benzene rings is 2. The maximum atomic E-state index is 13.8. The van der Waals surface area contributed by atoms with E-state index in [9.17, 15) is 9.50 Å². The van der Waals surface area contributed by atoms with Crippen molar-refractivity contribution < 1.29 is 9.50 Å². The van der Waals surface area contributed by atoms with Gasteiger partial charge in [0.15, 0.2) is 0 Å². The minimum atomic E-state index is -0.484. The van der Waals surface area contributed by atoms with Gasteiger partial charge in [-0.05, 0) is 43.7 Å². The van der Waals surface area contributed by atoms with E-state index in [0.717, 1.165) is 5.56 Å². The van der Waals surface area contributed by atoms with E-state index in [4.69, 9.17) is 5.26 Å². The normalized spacial score (nSPS) is 11.7. The number of rotatable bonds is 3. The lowest BCUT2D eigenvalue weighted by Gasteiger charge is -2.17. The number of phenolic OH excluding ortho intramolecular Hbond substituents is 1. The fraction of sp³-hybridized carbons (Fsp3) is 0.188. The lowest BCUT2D eigenvalue weighted by atomic mass is 10.0. The fourth-order valence-electron chi connectivity index (χ4n) is 2.03. The van der Waals surface area contributed by atoms with E-state index < -0.39 is 5.82 Å². The van der Waals surface area contributed by atoms with Gasteiger partial charge in [0, 0.05) is 5.56 Å². The average Bonchev–Trinajstić information content (AvgIpc) is 2.40. The minimum absolute atomic E-state index is 0.180. The van der Waals surface area contributed by atoms with Crippen molar-refractivity contribution >= 4 is 5.69 Å². The van der Waals surface area contributed by atoms with E-state index in [1.54, 1.807) is 12.1 Å². The first-order valence-corrected chi connectivity index (χ1v) is 6.27. The first kappa shape index (κ1) is 13.9. The molecule has 0 aliphatic heterocycles. The van der Waals surface area contributed by atoms with Gasteiger partial charge in [-0.15, -0.1) is 0 Å². The van der Waals surface area contributed by atoms with Gasteiger partial charge < -0.3 is 10.4 Å². The number of hydrogen-bond acceptors (Lipinski definition) is 3. The third-order valence-electron chi connectivity index (χ3n) is 3.12. The van der Waals surface area contributed by atoms with Crippen LogP contribution in [-0.2, 0) is 0 Å². The molecule has 0 aromatic heterocycles. The van der Waals surface area contributed by atoms with Gasteiger partial charge in [-0.2, -0.15) is 5.26 Å². The molecule has 1 unspecified atom stereocenters. The van der Waals surface area contributed by atoms with Gasteiger partial charge in [0.2, 0.25) is 0 Å². The van der Waals surface area contributed by atoms with Crippen LogP contribution < -0.4 is 5.32 Å². The van der Waals surface area contributed by atoms with E-state index in [2.05, 4.69) is 5.32 Å². The Morgan fingerprint density at radius 3 is 2.60 bits per heavy atom. The number of nitriles is 1. The summed E-state index contributed by atoms with van der Waals surface area (Å²) in [6.45, 7) is 3.73. The molecule has 2 rings (SSSR count). The summed E-state index contributed by atoms with van der Waals surface area (Å²) in [5.41, 5.74) is 2.23. The van der Waals surface area contributed by atoms with Crippen LogP contribution in [-0.4, -0.2) is 5.11 Å². The van der Waals surface area contributed by atoms with Gasteiger partial charge >= 0.3 is 0 Å². The Hall–Kier alpha value is -2.54. The molecule has 2 aromatic rings. The predicted molar refractivity (Wildman–Crippen MR) is 76.0 cm³/mol. The summed E-state index contributed by atoms with van der Waals surface area (Å²) in [7, 11) is 0. The fourth-order valence-corrected chi connectivity index (χ4v) is 2.03. The highest BCUT2D eigenvalue weighted by Gasteiger charge is 2.12. The molecule has 0 amide bonds. The van der Waals surface area contributed by atoms with Crippen molar-refractivity contribution in [2.75, 3.05) is 5.32 Å². The molecule has 0 aliphatic carbocycles. The summed E-state index contributed by atoms with van der Waals surface area (Å²) < 4.78 is 13.8. The van der Waals surface area contributed by atoms with E-state index in [1.807, 2.05) is 32.0 Å². The van der Waals surface area contributed by atoms with Crippen LogP contribution in [0, 0.1) is 24.1 Å². The summed E-state index contributed by atoms with van der Waals surface area (Å²) in [5.74, 6) is -0.304. The van der Waals surface area contributed by atoms with Crippen molar-refractivity contribution in [2.45, 2.75) is 19.9 Å². The van der Waals surface area contributed by atoms with E-state index in [0.29, 0.717) is 11.3 Å². The summed E-state index contributed by atoms with van der Waals surface area (Å²) in [6, 6.07) is 11.3. The Balaban J connectivity index is 2.23. The topological polar surface area (TPSA) is 56.0 Å². The van der Waals surface area contributed by atoms with Crippen molar-refractivity contribution in [2.24, 2.45) is 0 Å². The van der Waals surface area contributed by atoms with Gasteiger partial charge in [-0.25, -0.2) is 4.39 Å². The Bertz CT molecular complexity index is 677. The number of anilines is 1. The SMILES string of the molecule is Cc1ccc(C(C)Nc2ccc(C#N)cc2F)c(O)c1. The Morgan fingerprint density at radius 1 is 1.25 bits per heavy atom. The summed E-state index contributed by atoms with van der Waals surface area (Å²) >= 11 is 0. The maximum Gasteiger partial charge on any atom is 0.147 e. The second-order valence-corrected chi connectivity index (χ2v) is 4.73. The van der Waals surface area contributed by atoms with Crippen LogP contribution in [0.2, 0.25) is 0 Å². The van der Waals surface area contributed by atoms with E-state index in [1.165, 1.54) is 12.1 Å². The largest absolute Gasteiger partial charge is 0.508 e. The van der Waals surface area contributed by atoms with Gasteiger partial charge in [0.25, 0.3) is 0 Å². The standard InChI is InChI=1S/C16H15FN2O/c1-10-3-5-13(16(20)7-10)11(2)19-15-6-4-12(9-18)8-14(15)17/h3-8,11,19-20H,1-2H3. The molecule has 0 radical (unpaired) electrons. The lowest BCUT2D eigenvalue weighted by molar-refractivity contribution is 0.465. The van der Waals surface area contributed by atoms with Gasteiger partial charge in [0.05, 0.1) is 23.4 Å². The molecule has 1 atom stereocenters. The highest BCUT2D eigenvalue weighted by Crippen LogP contribution is 2.28. The molecule has 2 N–H and O–H groups in total.